The Hall–Kier alpha value is -2.19. The van der Waals surface area contributed by atoms with Crippen molar-refractivity contribution in [3.05, 3.63) is 39.5 Å². The molecule has 0 radical (unpaired) electrons. The molecule has 2 unspecified atom stereocenters. The van der Waals surface area contributed by atoms with Crippen LogP contribution in [0.4, 0.5) is 5.69 Å². The third-order valence-electron chi connectivity index (χ3n) is 4.84. The van der Waals surface area contributed by atoms with Crippen LogP contribution in [0.15, 0.2) is 33.4 Å². The van der Waals surface area contributed by atoms with Gasteiger partial charge in [-0.05, 0) is 43.5 Å². The average Bonchev–Trinajstić information content (AvgIpc) is 3.35. The first-order valence-electron chi connectivity index (χ1n) is 8.54. The van der Waals surface area contributed by atoms with Crippen LogP contribution in [0.2, 0.25) is 0 Å². The van der Waals surface area contributed by atoms with Gasteiger partial charge in [0.1, 0.15) is 0 Å². The monoisotopic (exact) mass is 417 g/mol. The Kier molecular flexibility index (Phi) is 4.32. The fourth-order valence-corrected chi connectivity index (χ4v) is 4.11. The number of ether oxygens (including phenoxy) is 1. The zero-order valence-corrected chi connectivity index (χ0v) is 16.2. The summed E-state index contributed by atoms with van der Waals surface area (Å²) in [6.45, 7) is 5.29. The minimum Gasteiger partial charge on any atom is -0.374 e. The van der Waals surface area contributed by atoms with Crippen LogP contribution in [0.3, 0.4) is 0 Å². The van der Waals surface area contributed by atoms with Crippen LogP contribution in [0.5, 0.6) is 0 Å². The van der Waals surface area contributed by atoms with Gasteiger partial charge in [-0.1, -0.05) is 15.9 Å². The van der Waals surface area contributed by atoms with E-state index in [-0.39, 0.29) is 29.5 Å². The SMILES string of the molecule is Cc1cc(Br)cc(C)c1N/C=C1\C(=N)N=C(N2CCOC3CC32)NC1=O. The van der Waals surface area contributed by atoms with Crippen LogP contribution in [0.25, 0.3) is 0 Å². The normalized spacial score (nSPS) is 26.3. The number of benzene rings is 1. The van der Waals surface area contributed by atoms with Crippen molar-refractivity contribution in [2.24, 2.45) is 4.99 Å². The standard InChI is InChI=1S/C18H20BrN5O2/c1-9-5-11(19)6-10(2)15(9)21-8-12-16(20)22-18(23-17(12)25)24-3-4-26-14-7-13(14)24/h5-6,8,13-14,21H,3-4,7H2,1-2H3,(H2,20,22,23,25)/b12-8+. The number of guanidine groups is 1. The molecule has 0 bridgehead atoms. The van der Waals surface area contributed by atoms with Gasteiger partial charge in [0.15, 0.2) is 5.84 Å². The highest BCUT2D eigenvalue weighted by Gasteiger charge is 2.48. The lowest BCUT2D eigenvalue weighted by Crippen LogP contribution is -2.52. The van der Waals surface area contributed by atoms with Crippen molar-refractivity contribution in [1.29, 1.82) is 5.41 Å². The molecule has 7 nitrogen and oxygen atoms in total. The minimum absolute atomic E-state index is 0.0349. The third-order valence-corrected chi connectivity index (χ3v) is 5.30. The maximum atomic E-state index is 12.5. The van der Waals surface area contributed by atoms with Gasteiger partial charge in [0, 0.05) is 22.9 Å². The number of carbonyl (C=O) groups excluding carboxylic acids is 1. The first-order valence-corrected chi connectivity index (χ1v) is 9.34. The lowest BCUT2D eigenvalue weighted by atomic mass is 10.1. The van der Waals surface area contributed by atoms with Gasteiger partial charge in [-0.3, -0.25) is 15.5 Å². The number of halogens is 1. The summed E-state index contributed by atoms with van der Waals surface area (Å²) >= 11 is 3.47. The van der Waals surface area contributed by atoms with Crippen LogP contribution in [-0.4, -0.2) is 47.9 Å². The van der Waals surface area contributed by atoms with Crippen molar-refractivity contribution in [2.45, 2.75) is 32.4 Å². The Morgan fingerprint density at radius 1 is 1.42 bits per heavy atom. The molecule has 4 rings (SSSR count). The smallest absolute Gasteiger partial charge is 0.263 e. The largest absolute Gasteiger partial charge is 0.374 e. The third kappa shape index (κ3) is 3.14. The summed E-state index contributed by atoms with van der Waals surface area (Å²) in [5, 5.41) is 14.2. The van der Waals surface area contributed by atoms with E-state index in [1.54, 1.807) is 6.20 Å². The number of carbonyl (C=O) groups is 1. The van der Waals surface area contributed by atoms with Gasteiger partial charge in [-0.25, -0.2) is 0 Å². The second-order valence-electron chi connectivity index (χ2n) is 6.76. The van der Waals surface area contributed by atoms with Gasteiger partial charge in [0.05, 0.1) is 24.3 Å². The zero-order valence-electron chi connectivity index (χ0n) is 14.6. The van der Waals surface area contributed by atoms with Crippen molar-refractivity contribution in [3.63, 3.8) is 0 Å². The molecule has 1 aromatic carbocycles. The van der Waals surface area contributed by atoms with Crippen LogP contribution in [-0.2, 0) is 9.53 Å². The summed E-state index contributed by atoms with van der Waals surface area (Å²) in [5.74, 6) is 0.111. The summed E-state index contributed by atoms with van der Waals surface area (Å²) in [6, 6.07) is 4.27. The van der Waals surface area contributed by atoms with E-state index in [4.69, 9.17) is 10.1 Å². The summed E-state index contributed by atoms with van der Waals surface area (Å²) in [5.41, 5.74) is 3.24. The topological polar surface area (TPSA) is 89.8 Å². The maximum absolute atomic E-state index is 12.5. The number of morpholine rings is 1. The molecule has 2 heterocycles. The number of amidine groups is 1. The van der Waals surface area contributed by atoms with Crippen molar-refractivity contribution >= 4 is 39.3 Å². The molecule has 1 aliphatic carbocycles. The second kappa shape index (κ2) is 6.51. The molecule has 1 aromatic rings. The molecule has 3 aliphatic rings. The predicted octanol–water partition coefficient (Wildman–Crippen LogP) is 2.30. The molecule has 1 saturated carbocycles. The highest BCUT2D eigenvalue weighted by molar-refractivity contribution is 9.10. The number of aryl methyl sites for hydroxylation is 2. The van der Waals surface area contributed by atoms with E-state index in [2.05, 4.69) is 31.6 Å². The molecule has 2 atom stereocenters. The molecular formula is C18H20BrN5O2. The number of hydrogen-bond donors (Lipinski definition) is 3. The quantitative estimate of drug-likeness (QED) is 0.643. The number of rotatable bonds is 2. The van der Waals surface area contributed by atoms with Crippen molar-refractivity contribution in [2.75, 3.05) is 18.5 Å². The summed E-state index contributed by atoms with van der Waals surface area (Å²) in [6.07, 6.45) is 2.74. The predicted molar refractivity (Wildman–Crippen MR) is 103 cm³/mol. The van der Waals surface area contributed by atoms with E-state index in [1.165, 1.54) is 0 Å². The first kappa shape index (κ1) is 17.2. The van der Waals surface area contributed by atoms with Crippen molar-refractivity contribution < 1.29 is 9.53 Å². The molecule has 0 spiro atoms. The fourth-order valence-electron chi connectivity index (χ4n) is 3.42. The number of amides is 1. The summed E-state index contributed by atoms with van der Waals surface area (Å²) in [7, 11) is 0. The fraction of sp³-hybridized carbons (Fsp3) is 0.389. The molecule has 8 heteroatoms. The highest BCUT2D eigenvalue weighted by Crippen LogP contribution is 2.34. The molecule has 1 saturated heterocycles. The van der Waals surface area contributed by atoms with E-state index in [1.807, 2.05) is 30.9 Å². The Morgan fingerprint density at radius 3 is 2.85 bits per heavy atom. The minimum atomic E-state index is -0.316. The molecule has 136 valence electrons. The van der Waals surface area contributed by atoms with Gasteiger partial charge < -0.3 is 15.0 Å². The van der Waals surface area contributed by atoms with Crippen LogP contribution in [0.1, 0.15) is 17.5 Å². The van der Waals surface area contributed by atoms with Crippen LogP contribution < -0.4 is 10.6 Å². The number of nitrogens with zero attached hydrogens (tertiary/aromatic N) is 2. The molecule has 3 N–H and O–H groups in total. The van der Waals surface area contributed by atoms with Crippen molar-refractivity contribution in [1.82, 2.24) is 10.2 Å². The second-order valence-corrected chi connectivity index (χ2v) is 7.68. The number of anilines is 1. The Morgan fingerprint density at radius 2 is 2.15 bits per heavy atom. The van der Waals surface area contributed by atoms with Crippen LogP contribution in [0, 0.1) is 19.3 Å². The molecular weight excluding hydrogens is 398 g/mol. The molecule has 0 aromatic heterocycles. The number of nitrogens with one attached hydrogen (secondary N) is 3. The lowest BCUT2D eigenvalue weighted by molar-refractivity contribution is -0.116. The Balaban J connectivity index is 1.54. The zero-order chi connectivity index (χ0) is 18.4. The molecule has 1 amide bonds. The van der Waals surface area contributed by atoms with Crippen molar-refractivity contribution in [3.8, 4) is 0 Å². The van der Waals surface area contributed by atoms with Gasteiger partial charge in [-0.2, -0.15) is 4.99 Å². The van der Waals surface area contributed by atoms with Gasteiger partial charge in [0.2, 0.25) is 5.96 Å². The van der Waals surface area contributed by atoms with Gasteiger partial charge in [0.25, 0.3) is 5.91 Å². The number of hydrogen-bond acceptors (Lipinski definition) is 5. The van der Waals surface area contributed by atoms with Gasteiger partial charge >= 0.3 is 0 Å². The summed E-state index contributed by atoms with van der Waals surface area (Å²) < 4.78 is 6.58. The number of aliphatic imine (C=N–C) groups is 1. The lowest BCUT2D eigenvalue weighted by Gasteiger charge is -2.31. The van der Waals surface area contributed by atoms with E-state index >= 15 is 0 Å². The maximum Gasteiger partial charge on any atom is 0.263 e. The summed E-state index contributed by atoms with van der Waals surface area (Å²) in [4.78, 5) is 18.9. The van der Waals surface area contributed by atoms with E-state index < -0.39 is 0 Å². The first-order chi connectivity index (χ1) is 12.4. The Bertz CT molecular complexity index is 840. The molecule has 2 aliphatic heterocycles. The highest BCUT2D eigenvalue weighted by atomic mass is 79.9. The molecule has 2 fully saturated rings. The Labute approximate surface area is 160 Å². The van der Waals surface area contributed by atoms with Crippen LogP contribution >= 0.6 is 15.9 Å². The van der Waals surface area contributed by atoms with E-state index in [0.29, 0.717) is 19.1 Å². The van der Waals surface area contributed by atoms with E-state index in [9.17, 15) is 4.79 Å². The average molecular weight is 418 g/mol. The number of fused-ring (bicyclic) bond motifs is 1. The van der Waals surface area contributed by atoms with E-state index in [0.717, 1.165) is 27.7 Å². The van der Waals surface area contributed by atoms with Gasteiger partial charge in [-0.15, -0.1) is 0 Å². The molecule has 26 heavy (non-hydrogen) atoms.